The summed E-state index contributed by atoms with van der Waals surface area (Å²) < 4.78 is 48.2. The van der Waals surface area contributed by atoms with Crippen molar-refractivity contribution in [2.75, 3.05) is 19.6 Å². The molecule has 2 aromatic carbocycles. The lowest BCUT2D eigenvalue weighted by atomic mass is 9.75. The molecule has 0 radical (unpaired) electrons. The Balaban J connectivity index is 1.73. The van der Waals surface area contributed by atoms with Crippen molar-refractivity contribution in [3.05, 3.63) is 75.2 Å². The van der Waals surface area contributed by atoms with E-state index in [-0.39, 0.29) is 30.9 Å². The Morgan fingerprint density at radius 1 is 1.26 bits per heavy atom. The van der Waals surface area contributed by atoms with E-state index < -0.39 is 29.0 Å². The number of carbonyl (C=O) groups is 1. The number of benzene rings is 2. The van der Waals surface area contributed by atoms with Crippen LogP contribution < -0.4 is 10.6 Å². The van der Waals surface area contributed by atoms with E-state index in [1.54, 1.807) is 12.1 Å². The Bertz CT molecular complexity index is 1220. The average Bonchev–Trinajstić information content (AvgIpc) is 3.17. The Kier molecular flexibility index (Phi) is 7.11. The van der Waals surface area contributed by atoms with Gasteiger partial charge in [-0.3, -0.25) is 4.79 Å². The lowest BCUT2D eigenvalue weighted by Crippen LogP contribution is -2.46. The largest absolute Gasteiger partial charge is 0.384 e. The molecule has 0 spiro atoms. The third-order valence-electron chi connectivity index (χ3n) is 6.13. The first-order chi connectivity index (χ1) is 16.2. The lowest BCUT2D eigenvalue weighted by molar-refractivity contribution is -0.118. The van der Waals surface area contributed by atoms with Crippen LogP contribution in [0.2, 0.25) is 0 Å². The molecule has 34 heavy (non-hydrogen) atoms. The van der Waals surface area contributed by atoms with Gasteiger partial charge in [0, 0.05) is 25.6 Å². The summed E-state index contributed by atoms with van der Waals surface area (Å²) >= 11 is 3.50. The Morgan fingerprint density at radius 3 is 2.79 bits per heavy atom. The Hall–Kier alpha value is -2.69. The minimum absolute atomic E-state index is 0.218. The molecule has 1 aliphatic rings. The number of rotatable bonds is 6. The van der Waals surface area contributed by atoms with E-state index in [2.05, 4.69) is 31.7 Å². The molecule has 2 atom stereocenters. The Labute approximate surface area is 202 Å². The summed E-state index contributed by atoms with van der Waals surface area (Å²) in [5, 5.41) is 21.6. The van der Waals surface area contributed by atoms with Crippen molar-refractivity contribution in [2.45, 2.75) is 31.3 Å². The van der Waals surface area contributed by atoms with Crippen molar-refractivity contribution in [1.82, 2.24) is 15.8 Å². The smallest absolute Gasteiger partial charge is 0.216 e. The number of nitrogens with one attached hydrogen (secondary N) is 2. The second-order valence-corrected chi connectivity index (χ2v) is 9.06. The maximum Gasteiger partial charge on any atom is 0.216 e. The van der Waals surface area contributed by atoms with Crippen molar-refractivity contribution < 1.29 is 27.6 Å². The summed E-state index contributed by atoms with van der Waals surface area (Å²) in [4.78, 5) is 11.2. The van der Waals surface area contributed by atoms with Crippen molar-refractivity contribution in [3.8, 4) is 11.3 Å². The van der Waals surface area contributed by atoms with Crippen molar-refractivity contribution in [2.24, 2.45) is 0 Å². The van der Waals surface area contributed by atoms with E-state index in [9.17, 15) is 23.1 Å². The van der Waals surface area contributed by atoms with Gasteiger partial charge in [-0.1, -0.05) is 23.4 Å². The monoisotopic (exact) mass is 537 g/mol. The predicted octanol–water partition coefficient (Wildman–Crippen LogP) is 4.16. The molecule has 0 saturated carbocycles. The highest BCUT2D eigenvalue weighted by molar-refractivity contribution is 9.10. The van der Waals surface area contributed by atoms with Gasteiger partial charge in [0.25, 0.3) is 0 Å². The molecule has 6 nitrogen and oxygen atoms in total. The second kappa shape index (κ2) is 9.89. The highest BCUT2D eigenvalue weighted by Gasteiger charge is 2.45. The highest BCUT2D eigenvalue weighted by atomic mass is 79.9. The molecule has 3 aromatic rings. The number of hydrogen-bond donors (Lipinski definition) is 3. The molecule has 4 rings (SSSR count). The van der Waals surface area contributed by atoms with Crippen molar-refractivity contribution in [3.63, 3.8) is 0 Å². The number of aliphatic hydroxyl groups is 1. The summed E-state index contributed by atoms with van der Waals surface area (Å²) in [7, 11) is 0. The van der Waals surface area contributed by atoms with Gasteiger partial charge in [-0.05, 0) is 64.6 Å². The van der Waals surface area contributed by atoms with E-state index in [1.807, 2.05) is 0 Å². The molecular weight excluding hydrogens is 515 g/mol. The number of hydrogen-bond acceptors (Lipinski definition) is 5. The van der Waals surface area contributed by atoms with Gasteiger partial charge in [-0.25, -0.2) is 13.2 Å². The van der Waals surface area contributed by atoms with Gasteiger partial charge in [0.1, 0.15) is 17.1 Å². The molecule has 2 heterocycles. The molecule has 1 aliphatic heterocycles. The number of carbonyl (C=O) groups excluding carboxylic acids is 1. The van der Waals surface area contributed by atoms with Gasteiger partial charge in [0.2, 0.25) is 5.91 Å². The van der Waals surface area contributed by atoms with E-state index in [0.29, 0.717) is 40.1 Å². The normalized spacial score (nSPS) is 20.4. The van der Waals surface area contributed by atoms with Crippen molar-refractivity contribution >= 4 is 21.8 Å². The first-order valence-corrected chi connectivity index (χ1v) is 11.6. The predicted molar refractivity (Wildman–Crippen MR) is 122 cm³/mol. The molecule has 0 bridgehead atoms. The molecular formula is C24H23BrF3N3O3. The summed E-state index contributed by atoms with van der Waals surface area (Å²) in [5.74, 6) is -3.10. The van der Waals surface area contributed by atoms with Crippen LogP contribution in [-0.4, -0.2) is 35.8 Å². The summed E-state index contributed by atoms with van der Waals surface area (Å²) in [6.07, 6.45) is 0.465. The maximum atomic E-state index is 14.7. The van der Waals surface area contributed by atoms with Crippen LogP contribution in [-0.2, 0) is 16.8 Å². The molecule has 10 heteroatoms. The Morgan fingerprint density at radius 2 is 2.06 bits per heavy atom. The second-order valence-electron chi connectivity index (χ2n) is 8.27. The fourth-order valence-electron chi connectivity index (χ4n) is 4.36. The summed E-state index contributed by atoms with van der Waals surface area (Å²) in [6, 6.07) is 7.90. The van der Waals surface area contributed by atoms with Crippen molar-refractivity contribution in [1.29, 1.82) is 0 Å². The number of halogens is 4. The average molecular weight is 538 g/mol. The quantitative estimate of drug-likeness (QED) is 0.439. The lowest BCUT2D eigenvalue weighted by Gasteiger charge is -2.39. The molecule has 2 unspecified atom stereocenters. The maximum absolute atomic E-state index is 14.7. The van der Waals surface area contributed by atoms with E-state index in [4.69, 9.17) is 4.52 Å². The SMILES string of the molecule is CC(=O)NCCc1c(F)cccc1-c1noc(C2CNCCC2(O)c2ccc(F)c(F)c2)c1Br. The van der Waals surface area contributed by atoms with Gasteiger partial charge >= 0.3 is 0 Å². The molecule has 1 fully saturated rings. The minimum atomic E-state index is -1.55. The molecule has 180 valence electrons. The number of piperidine rings is 1. The fraction of sp³-hybridized carbons (Fsp3) is 0.333. The van der Waals surface area contributed by atoms with E-state index >= 15 is 0 Å². The topological polar surface area (TPSA) is 87.4 Å². The summed E-state index contributed by atoms with van der Waals surface area (Å²) in [6.45, 7) is 2.38. The fourth-order valence-corrected chi connectivity index (χ4v) is 5.00. The van der Waals surface area contributed by atoms with Crippen LogP contribution in [0, 0.1) is 17.5 Å². The van der Waals surface area contributed by atoms with Crippen LogP contribution in [0.1, 0.15) is 36.1 Å². The van der Waals surface area contributed by atoms with Crippen LogP contribution in [0.3, 0.4) is 0 Å². The van der Waals surface area contributed by atoms with Crippen LogP contribution in [0.25, 0.3) is 11.3 Å². The highest BCUT2D eigenvalue weighted by Crippen LogP contribution is 2.46. The van der Waals surface area contributed by atoms with Gasteiger partial charge < -0.3 is 20.3 Å². The van der Waals surface area contributed by atoms with Gasteiger partial charge in [-0.15, -0.1) is 0 Å². The number of aromatic nitrogens is 1. The van der Waals surface area contributed by atoms with E-state index in [0.717, 1.165) is 12.1 Å². The zero-order valence-corrected chi connectivity index (χ0v) is 19.9. The van der Waals surface area contributed by atoms with Crippen LogP contribution in [0.4, 0.5) is 13.2 Å². The standard InChI is InChI=1S/C24H23BrF3N3O3/c1-13(32)30-9-7-15-16(3-2-4-18(15)26)22-21(25)23(34-31-22)17-12-29-10-8-24(17,33)14-5-6-19(27)20(28)11-14/h2-6,11,17,29,33H,7-10,12H2,1H3,(H,30,32). The first kappa shape index (κ1) is 24.4. The van der Waals surface area contributed by atoms with Gasteiger partial charge in [0.05, 0.1) is 10.4 Å². The van der Waals surface area contributed by atoms with E-state index in [1.165, 1.54) is 19.1 Å². The molecule has 1 saturated heterocycles. The van der Waals surface area contributed by atoms with Crippen LogP contribution in [0.5, 0.6) is 0 Å². The third kappa shape index (κ3) is 4.62. The summed E-state index contributed by atoms with van der Waals surface area (Å²) in [5.41, 5.74) is -0.146. The molecule has 3 N–H and O–H groups in total. The van der Waals surface area contributed by atoms with Gasteiger partial charge in [0.15, 0.2) is 17.4 Å². The zero-order valence-electron chi connectivity index (χ0n) is 18.3. The third-order valence-corrected chi connectivity index (χ3v) is 6.89. The van der Waals surface area contributed by atoms with Gasteiger partial charge in [-0.2, -0.15) is 0 Å². The van der Waals surface area contributed by atoms with Crippen LogP contribution in [0.15, 0.2) is 45.4 Å². The zero-order chi connectivity index (χ0) is 24.5. The minimum Gasteiger partial charge on any atom is -0.384 e. The molecule has 0 aliphatic carbocycles. The van der Waals surface area contributed by atoms with Crippen LogP contribution >= 0.6 is 15.9 Å². The molecule has 1 aromatic heterocycles. The number of nitrogens with zero attached hydrogens (tertiary/aromatic N) is 1. The molecule has 1 amide bonds. The first-order valence-electron chi connectivity index (χ1n) is 10.8. The number of amides is 1.